The molecule has 1 aromatic carbocycles. The molecule has 1 atom stereocenters. The molecule has 3 rings (SSSR count). The van der Waals surface area contributed by atoms with Gasteiger partial charge in [0, 0.05) is 22.6 Å². The number of benzene rings is 1. The first kappa shape index (κ1) is 13.1. The maximum atomic E-state index is 11.5. The molecule has 0 aliphatic carbocycles. The molecule has 1 fully saturated rings. The van der Waals surface area contributed by atoms with Crippen molar-refractivity contribution >= 4 is 31.5 Å². The van der Waals surface area contributed by atoms with Crippen LogP contribution in [-0.4, -0.2) is 39.2 Å². The van der Waals surface area contributed by atoms with Crippen molar-refractivity contribution in [3.8, 4) is 11.5 Å². The van der Waals surface area contributed by atoms with Gasteiger partial charge in [0.25, 0.3) is 0 Å². The van der Waals surface area contributed by atoms with Gasteiger partial charge in [-0.05, 0) is 22.4 Å². The zero-order valence-electron chi connectivity index (χ0n) is 10.2. The molecule has 1 aromatic rings. The SMILES string of the molecule is O=S1(=O)CCC(Nc2cc3c(cc2Br)OCCO3)C1. The van der Waals surface area contributed by atoms with Crippen molar-refractivity contribution in [3.05, 3.63) is 16.6 Å². The van der Waals surface area contributed by atoms with Crippen molar-refractivity contribution in [3.63, 3.8) is 0 Å². The molecule has 7 heteroatoms. The van der Waals surface area contributed by atoms with Crippen LogP contribution in [0, 0.1) is 0 Å². The second-order valence-corrected chi connectivity index (χ2v) is 7.80. The third-order valence-corrected chi connectivity index (χ3v) is 5.65. The van der Waals surface area contributed by atoms with Crippen LogP contribution in [0.3, 0.4) is 0 Å². The first-order valence-electron chi connectivity index (χ1n) is 6.10. The number of nitrogens with one attached hydrogen (secondary N) is 1. The second kappa shape index (κ2) is 4.86. The standard InChI is InChI=1S/C12H14BrNO4S/c13-9-5-11-12(18-3-2-17-11)6-10(9)14-8-1-4-19(15,16)7-8/h5-6,8,14H,1-4,7H2. The van der Waals surface area contributed by atoms with Gasteiger partial charge >= 0.3 is 0 Å². The third-order valence-electron chi connectivity index (χ3n) is 3.22. The molecular formula is C12H14BrNO4S. The number of hydrogen-bond acceptors (Lipinski definition) is 5. The zero-order chi connectivity index (χ0) is 13.5. The fraction of sp³-hybridized carbons (Fsp3) is 0.500. The summed E-state index contributed by atoms with van der Waals surface area (Å²) in [5.41, 5.74) is 0.839. The summed E-state index contributed by atoms with van der Waals surface area (Å²) in [6.45, 7) is 1.08. The van der Waals surface area contributed by atoms with Gasteiger partial charge in [0.2, 0.25) is 0 Å². The fourth-order valence-corrected chi connectivity index (χ4v) is 4.41. The summed E-state index contributed by atoms with van der Waals surface area (Å²) in [6, 6.07) is 3.66. The Morgan fingerprint density at radius 3 is 2.53 bits per heavy atom. The van der Waals surface area contributed by atoms with Gasteiger partial charge in [0.1, 0.15) is 13.2 Å². The highest BCUT2D eigenvalue weighted by Gasteiger charge is 2.28. The monoisotopic (exact) mass is 347 g/mol. The van der Waals surface area contributed by atoms with Crippen molar-refractivity contribution in [2.24, 2.45) is 0 Å². The summed E-state index contributed by atoms with van der Waals surface area (Å²) in [7, 11) is -2.88. The van der Waals surface area contributed by atoms with Crippen LogP contribution in [0.4, 0.5) is 5.69 Å². The van der Waals surface area contributed by atoms with E-state index in [1.807, 2.05) is 12.1 Å². The summed E-state index contributed by atoms with van der Waals surface area (Å²) < 4.78 is 34.8. The van der Waals surface area contributed by atoms with Gasteiger partial charge < -0.3 is 14.8 Å². The van der Waals surface area contributed by atoms with E-state index in [0.29, 0.717) is 31.1 Å². The van der Waals surface area contributed by atoms with Crippen molar-refractivity contribution < 1.29 is 17.9 Å². The molecule has 0 amide bonds. The number of rotatable bonds is 2. The Morgan fingerprint density at radius 1 is 1.21 bits per heavy atom. The van der Waals surface area contributed by atoms with Crippen LogP contribution in [0.5, 0.6) is 11.5 Å². The lowest BCUT2D eigenvalue weighted by atomic mass is 10.2. The second-order valence-electron chi connectivity index (χ2n) is 4.72. The zero-order valence-corrected chi connectivity index (χ0v) is 12.6. The van der Waals surface area contributed by atoms with E-state index in [4.69, 9.17) is 9.47 Å². The molecule has 0 radical (unpaired) electrons. The number of sulfone groups is 1. The molecule has 0 saturated carbocycles. The molecule has 1 unspecified atom stereocenters. The lowest BCUT2D eigenvalue weighted by Crippen LogP contribution is -2.21. The highest BCUT2D eigenvalue weighted by atomic mass is 79.9. The minimum absolute atomic E-state index is 0.0381. The van der Waals surface area contributed by atoms with Crippen molar-refractivity contribution in [1.82, 2.24) is 0 Å². The fourth-order valence-electron chi connectivity index (χ4n) is 2.30. The topological polar surface area (TPSA) is 64.6 Å². The van der Waals surface area contributed by atoms with Gasteiger partial charge in [-0.15, -0.1) is 0 Å². The summed E-state index contributed by atoms with van der Waals surface area (Å²) in [4.78, 5) is 0. The highest BCUT2D eigenvalue weighted by molar-refractivity contribution is 9.10. The van der Waals surface area contributed by atoms with Crippen LogP contribution in [0.15, 0.2) is 16.6 Å². The molecule has 19 heavy (non-hydrogen) atoms. The lowest BCUT2D eigenvalue weighted by Gasteiger charge is -2.21. The average Bonchev–Trinajstić information content (AvgIpc) is 2.70. The Kier molecular flexibility index (Phi) is 3.34. The summed E-state index contributed by atoms with van der Waals surface area (Å²) in [6.07, 6.45) is 0.642. The van der Waals surface area contributed by atoms with Gasteiger partial charge in [0.05, 0.1) is 17.2 Å². The molecule has 2 aliphatic heterocycles. The first-order chi connectivity index (χ1) is 9.03. The van der Waals surface area contributed by atoms with Crippen LogP contribution in [0.2, 0.25) is 0 Å². The number of fused-ring (bicyclic) bond motifs is 1. The van der Waals surface area contributed by atoms with E-state index in [-0.39, 0.29) is 17.5 Å². The van der Waals surface area contributed by atoms with Gasteiger partial charge in [-0.2, -0.15) is 0 Å². The molecular weight excluding hydrogens is 334 g/mol. The van der Waals surface area contributed by atoms with Crippen molar-refractivity contribution in [2.45, 2.75) is 12.5 Å². The molecule has 0 spiro atoms. The van der Waals surface area contributed by atoms with E-state index in [9.17, 15) is 8.42 Å². The van der Waals surface area contributed by atoms with Crippen LogP contribution in [0.25, 0.3) is 0 Å². The lowest BCUT2D eigenvalue weighted by molar-refractivity contribution is 0.171. The van der Waals surface area contributed by atoms with E-state index in [2.05, 4.69) is 21.2 Å². The molecule has 1 N–H and O–H groups in total. The molecule has 5 nitrogen and oxygen atoms in total. The van der Waals surface area contributed by atoms with Crippen molar-refractivity contribution in [1.29, 1.82) is 0 Å². The van der Waals surface area contributed by atoms with E-state index in [1.54, 1.807) is 0 Å². The third kappa shape index (κ3) is 2.81. The smallest absolute Gasteiger partial charge is 0.163 e. The van der Waals surface area contributed by atoms with Crippen molar-refractivity contribution in [2.75, 3.05) is 30.0 Å². The van der Waals surface area contributed by atoms with Gasteiger partial charge in [-0.3, -0.25) is 0 Å². The molecule has 0 bridgehead atoms. The average molecular weight is 348 g/mol. The maximum absolute atomic E-state index is 11.5. The Balaban J connectivity index is 1.81. The minimum Gasteiger partial charge on any atom is -0.486 e. The van der Waals surface area contributed by atoms with E-state index in [0.717, 1.165) is 10.2 Å². The Bertz CT molecular complexity index is 602. The highest BCUT2D eigenvalue weighted by Crippen LogP contribution is 2.38. The van der Waals surface area contributed by atoms with Gasteiger partial charge in [0.15, 0.2) is 21.3 Å². The first-order valence-corrected chi connectivity index (χ1v) is 8.71. The number of halogens is 1. The number of anilines is 1. The largest absolute Gasteiger partial charge is 0.486 e. The van der Waals surface area contributed by atoms with E-state index in [1.165, 1.54) is 0 Å². The summed E-state index contributed by atoms with van der Waals surface area (Å²) in [5.74, 6) is 1.85. The molecule has 2 aliphatic rings. The van der Waals surface area contributed by atoms with Crippen LogP contribution in [0.1, 0.15) is 6.42 Å². The number of hydrogen-bond donors (Lipinski definition) is 1. The predicted octanol–water partition coefficient (Wildman–Crippen LogP) is 1.82. The van der Waals surface area contributed by atoms with E-state index < -0.39 is 9.84 Å². The minimum atomic E-state index is -2.88. The quantitative estimate of drug-likeness (QED) is 0.883. The molecule has 1 saturated heterocycles. The maximum Gasteiger partial charge on any atom is 0.163 e. The van der Waals surface area contributed by atoms with Crippen LogP contribution >= 0.6 is 15.9 Å². The molecule has 104 valence electrons. The molecule has 2 heterocycles. The van der Waals surface area contributed by atoms with E-state index >= 15 is 0 Å². The molecule has 0 aromatic heterocycles. The van der Waals surface area contributed by atoms with Crippen LogP contribution < -0.4 is 14.8 Å². The van der Waals surface area contributed by atoms with Gasteiger partial charge in [-0.1, -0.05) is 0 Å². The normalized spacial score (nSPS) is 24.2. The Labute approximate surface area is 120 Å². The summed E-state index contributed by atoms with van der Waals surface area (Å²) in [5, 5.41) is 3.25. The Morgan fingerprint density at radius 2 is 1.89 bits per heavy atom. The van der Waals surface area contributed by atoms with Crippen LogP contribution in [-0.2, 0) is 9.84 Å². The number of ether oxygens (including phenoxy) is 2. The predicted molar refractivity (Wildman–Crippen MR) is 75.8 cm³/mol. The van der Waals surface area contributed by atoms with Gasteiger partial charge in [-0.25, -0.2) is 8.42 Å². The Hall–Kier alpha value is -0.950. The summed E-state index contributed by atoms with van der Waals surface area (Å²) >= 11 is 3.46.